The molecule has 2 aromatic rings. The summed E-state index contributed by atoms with van der Waals surface area (Å²) in [7, 11) is 1.61. The zero-order chi connectivity index (χ0) is 16.1. The summed E-state index contributed by atoms with van der Waals surface area (Å²) in [6, 6.07) is 8.73. The third-order valence-corrected chi connectivity index (χ3v) is 3.42. The van der Waals surface area contributed by atoms with Gasteiger partial charge in [-0.15, -0.1) is 0 Å². The van der Waals surface area contributed by atoms with Crippen molar-refractivity contribution in [3.05, 3.63) is 46.2 Å². The van der Waals surface area contributed by atoms with Gasteiger partial charge in [0.05, 0.1) is 12.2 Å². The molecule has 5 heteroatoms. The zero-order valence-corrected chi connectivity index (χ0v) is 13.3. The fourth-order valence-corrected chi connectivity index (χ4v) is 2.47. The maximum atomic E-state index is 12.9. The highest BCUT2D eigenvalue weighted by Gasteiger charge is 2.19. The molecule has 1 N–H and O–H groups in total. The number of hydrogen-bond acceptors (Lipinski definition) is 3. The first-order valence-electron chi connectivity index (χ1n) is 7.43. The topological polar surface area (TPSA) is 62.4 Å². The molecule has 0 bridgehead atoms. The largest absolute Gasteiger partial charge is 0.383 e. The van der Waals surface area contributed by atoms with Crippen LogP contribution in [0, 0.1) is 5.92 Å². The highest BCUT2D eigenvalue weighted by atomic mass is 16.5. The molecule has 1 aromatic carbocycles. The first kappa shape index (κ1) is 16.2. The van der Waals surface area contributed by atoms with Crippen LogP contribution < -0.4 is 5.56 Å². The average molecular weight is 302 g/mol. The zero-order valence-electron chi connectivity index (χ0n) is 13.3. The Labute approximate surface area is 129 Å². The van der Waals surface area contributed by atoms with E-state index in [9.17, 15) is 9.59 Å². The second-order valence-corrected chi connectivity index (χ2v) is 5.73. The van der Waals surface area contributed by atoms with Crippen LogP contribution in [0.1, 0.15) is 24.2 Å². The lowest BCUT2D eigenvalue weighted by Crippen LogP contribution is -2.37. The van der Waals surface area contributed by atoms with Gasteiger partial charge in [0.25, 0.3) is 5.91 Å². The SMILES string of the molecule is COCCN(CC(C)C)C(=O)c1cc(=O)[nH]c2ccccc12. The van der Waals surface area contributed by atoms with E-state index in [2.05, 4.69) is 18.8 Å². The monoisotopic (exact) mass is 302 g/mol. The molecule has 1 heterocycles. The standard InChI is InChI=1S/C17H22N2O3/c1-12(2)11-19(8-9-22-3)17(21)14-10-16(20)18-15-7-5-4-6-13(14)15/h4-7,10,12H,8-9,11H2,1-3H3,(H,18,20). The van der Waals surface area contributed by atoms with E-state index in [0.29, 0.717) is 36.7 Å². The Balaban J connectivity index is 2.43. The van der Waals surface area contributed by atoms with Gasteiger partial charge in [-0.25, -0.2) is 0 Å². The van der Waals surface area contributed by atoms with Crippen LogP contribution in [0.5, 0.6) is 0 Å². The Hall–Kier alpha value is -2.14. The normalized spacial score (nSPS) is 11.1. The number of amides is 1. The molecule has 0 aliphatic heterocycles. The van der Waals surface area contributed by atoms with Crippen LogP contribution in [-0.2, 0) is 4.74 Å². The number of carbonyl (C=O) groups is 1. The Morgan fingerprint density at radius 3 is 2.73 bits per heavy atom. The van der Waals surface area contributed by atoms with E-state index in [1.807, 2.05) is 18.2 Å². The molecule has 0 atom stereocenters. The van der Waals surface area contributed by atoms with Crippen LogP contribution in [0.3, 0.4) is 0 Å². The van der Waals surface area contributed by atoms with Crippen molar-refractivity contribution in [2.24, 2.45) is 5.92 Å². The molecule has 0 spiro atoms. The Morgan fingerprint density at radius 1 is 1.32 bits per heavy atom. The molecule has 0 radical (unpaired) electrons. The number of rotatable bonds is 6. The van der Waals surface area contributed by atoms with Gasteiger partial charge < -0.3 is 14.6 Å². The van der Waals surface area contributed by atoms with Gasteiger partial charge in [-0.1, -0.05) is 32.0 Å². The van der Waals surface area contributed by atoms with Gasteiger partial charge in [0.15, 0.2) is 0 Å². The Morgan fingerprint density at radius 2 is 2.05 bits per heavy atom. The molecule has 0 saturated carbocycles. The van der Waals surface area contributed by atoms with E-state index in [1.54, 1.807) is 18.1 Å². The number of hydrogen-bond donors (Lipinski definition) is 1. The highest BCUT2D eigenvalue weighted by molar-refractivity contribution is 6.05. The second-order valence-electron chi connectivity index (χ2n) is 5.73. The smallest absolute Gasteiger partial charge is 0.254 e. The third-order valence-electron chi connectivity index (χ3n) is 3.42. The fourth-order valence-electron chi connectivity index (χ4n) is 2.47. The van der Waals surface area contributed by atoms with E-state index in [4.69, 9.17) is 4.74 Å². The number of ether oxygens (including phenoxy) is 1. The predicted molar refractivity (Wildman–Crippen MR) is 87.2 cm³/mol. The first-order valence-corrected chi connectivity index (χ1v) is 7.43. The second kappa shape index (κ2) is 7.22. The maximum absolute atomic E-state index is 12.9. The predicted octanol–water partition coefficient (Wildman–Crippen LogP) is 2.27. The summed E-state index contributed by atoms with van der Waals surface area (Å²) in [5.41, 5.74) is 0.851. The van der Waals surface area contributed by atoms with Crippen molar-refractivity contribution < 1.29 is 9.53 Å². The fraction of sp³-hybridized carbons (Fsp3) is 0.412. The van der Waals surface area contributed by atoms with Gasteiger partial charge in [-0.2, -0.15) is 0 Å². The minimum absolute atomic E-state index is 0.131. The average Bonchev–Trinajstić information content (AvgIpc) is 2.49. The molecule has 118 valence electrons. The van der Waals surface area contributed by atoms with Crippen LogP contribution >= 0.6 is 0 Å². The quantitative estimate of drug-likeness (QED) is 0.890. The summed E-state index contributed by atoms with van der Waals surface area (Å²) in [5, 5.41) is 0.762. The summed E-state index contributed by atoms with van der Waals surface area (Å²) in [6.07, 6.45) is 0. The molecular formula is C17H22N2O3. The van der Waals surface area contributed by atoms with Crippen LogP contribution in [0.15, 0.2) is 35.1 Å². The highest BCUT2D eigenvalue weighted by Crippen LogP contribution is 2.17. The minimum atomic E-state index is -0.265. The van der Waals surface area contributed by atoms with Crippen LogP contribution in [0.25, 0.3) is 10.9 Å². The molecule has 5 nitrogen and oxygen atoms in total. The minimum Gasteiger partial charge on any atom is -0.383 e. The Bertz CT molecular complexity index is 706. The van der Waals surface area contributed by atoms with Crippen molar-refractivity contribution in [1.82, 2.24) is 9.88 Å². The number of nitrogens with zero attached hydrogens (tertiary/aromatic N) is 1. The summed E-state index contributed by atoms with van der Waals surface area (Å²) >= 11 is 0. The maximum Gasteiger partial charge on any atom is 0.254 e. The van der Waals surface area contributed by atoms with E-state index in [0.717, 1.165) is 5.39 Å². The van der Waals surface area contributed by atoms with E-state index >= 15 is 0 Å². The molecule has 0 unspecified atom stereocenters. The molecule has 0 aliphatic rings. The van der Waals surface area contributed by atoms with Crippen LogP contribution in [-0.4, -0.2) is 42.6 Å². The summed E-state index contributed by atoms with van der Waals surface area (Å²) in [6.45, 7) is 5.73. The van der Waals surface area contributed by atoms with Crippen molar-refractivity contribution in [1.29, 1.82) is 0 Å². The number of aromatic amines is 1. The molecule has 0 saturated heterocycles. The first-order chi connectivity index (χ1) is 10.5. The molecule has 22 heavy (non-hydrogen) atoms. The third kappa shape index (κ3) is 3.74. The number of fused-ring (bicyclic) bond motifs is 1. The van der Waals surface area contributed by atoms with E-state index < -0.39 is 0 Å². The van der Waals surface area contributed by atoms with Gasteiger partial charge in [-0.3, -0.25) is 9.59 Å². The lowest BCUT2D eigenvalue weighted by molar-refractivity contribution is 0.0674. The van der Waals surface area contributed by atoms with Gasteiger partial charge in [0.1, 0.15) is 0 Å². The number of para-hydroxylation sites is 1. The number of methoxy groups -OCH3 is 1. The van der Waals surface area contributed by atoms with Crippen molar-refractivity contribution in [2.45, 2.75) is 13.8 Å². The number of H-pyrrole nitrogens is 1. The van der Waals surface area contributed by atoms with Gasteiger partial charge >= 0.3 is 0 Å². The molecule has 2 rings (SSSR count). The summed E-state index contributed by atoms with van der Waals surface area (Å²) in [5.74, 6) is 0.210. The van der Waals surface area contributed by atoms with Crippen molar-refractivity contribution >= 4 is 16.8 Å². The molecule has 1 aromatic heterocycles. The molecule has 1 amide bonds. The van der Waals surface area contributed by atoms with Gasteiger partial charge in [-0.05, 0) is 12.0 Å². The number of nitrogens with one attached hydrogen (secondary N) is 1. The van der Waals surface area contributed by atoms with Crippen LogP contribution in [0.2, 0.25) is 0 Å². The Kier molecular flexibility index (Phi) is 5.33. The van der Waals surface area contributed by atoms with E-state index in [1.165, 1.54) is 6.07 Å². The number of benzene rings is 1. The van der Waals surface area contributed by atoms with E-state index in [-0.39, 0.29) is 11.5 Å². The number of aromatic nitrogens is 1. The summed E-state index contributed by atoms with van der Waals surface area (Å²) in [4.78, 5) is 29.2. The van der Waals surface area contributed by atoms with Crippen LogP contribution in [0.4, 0.5) is 0 Å². The number of carbonyl (C=O) groups excluding carboxylic acids is 1. The lowest BCUT2D eigenvalue weighted by atomic mass is 10.1. The molecular weight excluding hydrogens is 280 g/mol. The summed E-state index contributed by atoms with van der Waals surface area (Å²) < 4.78 is 5.09. The molecule has 0 fully saturated rings. The van der Waals surface area contributed by atoms with Gasteiger partial charge in [0.2, 0.25) is 5.56 Å². The van der Waals surface area contributed by atoms with Crippen molar-refractivity contribution in [3.63, 3.8) is 0 Å². The number of pyridine rings is 1. The lowest BCUT2D eigenvalue weighted by Gasteiger charge is -2.24. The van der Waals surface area contributed by atoms with Crippen molar-refractivity contribution in [2.75, 3.05) is 26.8 Å². The van der Waals surface area contributed by atoms with Gasteiger partial charge in [0, 0.05) is 37.2 Å². The van der Waals surface area contributed by atoms with Crippen molar-refractivity contribution in [3.8, 4) is 0 Å². The molecule has 0 aliphatic carbocycles.